The molecule has 2 amide bonds. The van der Waals surface area contributed by atoms with E-state index in [0.29, 0.717) is 39.3 Å². The number of hydrogen-bond donors (Lipinski definition) is 1. The molecule has 5 aliphatic rings. The molecule has 0 aromatic heterocycles. The predicted octanol–water partition coefficient (Wildman–Crippen LogP) is 4.09. The topological polar surface area (TPSA) is 67.9 Å². The highest BCUT2D eigenvalue weighted by Gasteiger charge is 2.54. The van der Waals surface area contributed by atoms with E-state index in [-0.39, 0.29) is 17.2 Å². The summed E-state index contributed by atoms with van der Waals surface area (Å²) in [6.45, 7) is 6.83. The molecule has 4 fully saturated rings. The van der Waals surface area contributed by atoms with Gasteiger partial charge in [-0.15, -0.1) is 0 Å². The Morgan fingerprint density at radius 1 is 0.970 bits per heavy atom. The molecular weight excluding hydrogens is 416 g/mol. The molecule has 4 bridgehead atoms. The summed E-state index contributed by atoms with van der Waals surface area (Å²) in [7, 11) is 0. The van der Waals surface area contributed by atoms with Crippen LogP contribution in [-0.4, -0.2) is 43.0 Å². The van der Waals surface area contributed by atoms with Gasteiger partial charge in [-0.1, -0.05) is 0 Å². The first-order valence-corrected chi connectivity index (χ1v) is 13.0. The minimum Gasteiger partial charge on any atom is -0.490 e. The van der Waals surface area contributed by atoms with Crippen LogP contribution in [0.5, 0.6) is 11.5 Å². The molecule has 0 atom stereocenters. The Kier molecular flexibility index (Phi) is 6.28. The molecule has 1 N–H and O–H groups in total. The Morgan fingerprint density at radius 3 is 2.12 bits per heavy atom. The van der Waals surface area contributed by atoms with E-state index in [4.69, 9.17) is 9.47 Å². The highest BCUT2D eigenvalue weighted by Crippen LogP contribution is 2.60. The van der Waals surface area contributed by atoms with Crippen LogP contribution in [0.4, 0.5) is 0 Å². The van der Waals surface area contributed by atoms with Gasteiger partial charge in [0, 0.05) is 31.5 Å². The maximum atomic E-state index is 13.1. The van der Waals surface area contributed by atoms with Gasteiger partial charge in [-0.05, 0) is 99.8 Å². The van der Waals surface area contributed by atoms with Crippen LogP contribution in [0.25, 0.3) is 0 Å². The molecule has 1 aromatic carbocycles. The van der Waals surface area contributed by atoms with Gasteiger partial charge in [0.2, 0.25) is 11.8 Å². The SMILES string of the molecule is CCOc1cc2c(cc1OCC)CN(C(=O)CCNC(=O)C13CC4CC(CC(C4)C1)C3)CC2. The van der Waals surface area contributed by atoms with Crippen LogP contribution in [0.2, 0.25) is 0 Å². The molecule has 0 saturated heterocycles. The quantitative estimate of drug-likeness (QED) is 0.642. The van der Waals surface area contributed by atoms with Gasteiger partial charge in [-0.25, -0.2) is 0 Å². The molecule has 1 aliphatic heterocycles. The molecule has 4 aliphatic carbocycles. The van der Waals surface area contributed by atoms with E-state index in [1.54, 1.807) is 0 Å². The lowest BCUT2D eigenvalue weighted by atomic mass is 9.49. The fraction of sp³-hybridized carbons (Fsp3) is 0.704. The lowest BCUT2D eigenvalue weighted by molar-refractivity contribution is -0.146. The minimum absolute atomic E-state index is 0.110. The van der Waals surface area contributed by atoms with Crippen LogP contribution in [0.3, 0.4) is 0 Å². The van der Waals surface area contributed by atoms with Crippen molar-refractivity contribution >= 4 is 11.8 Å². The molecule has 6 rings (SSSR count). The van der Waals surface area contributed by atoms with Crippen molar-refractivity contribution in [2.75, 3.05) is 26.3 Å². The third-order valence-corrected chi connectivity index (χ3v) is 8.37. The fourth-order valence-electron chi connectivity index (χ4n) is 7.33. The first-order chi connectivity index (χ1) is 16.0. The van der Waals surface area contributed by atoms with Crippen LogP contribution in [0, 0.1) is 23.2 Å². The fourth-order valence-corrected chi connectivity index (χ4v) is 7.33. The van der Waals surface area contributed by atoms with Crippen LogP contribution in [-0.2, 0) is 22.6 Å². The van der Waals surface area contributed by atoms with Crippen molar-refractivity contribution in [3.8, 4) is 11.5 Å². The van der Waals surface area contributed by atoms with E-state index >= 15 is 0 Å². The summed E-state index contributed by atoms with van der Waals surface area (Å²) in [5.74, 6) is 4.10. The Hall–Kier alpha value is -2.24. The second-order valence-corrected chi connectivity index (χ2v) is 10.7. The standard InChI is InChI=1S/C27H38N2O4/c1-3-32-23-12-21-6-8-29(17-22(21)13-24(23)33-4-2)25(30)5-7-28-26(31)27-14-18-9-19(15-27)11-20(10-18)16-27/h12-13,18-20H,3-11,14-17H2,1-2H3,(H,28,31). The van der Waals surface area contributed by atoms with Gasteiger partial charge in [0.25, 0.3) is 0 Å². The number of nitrogens with one attached hydrogen (secondary N) is 1. The van der Waals surface area contributed by atoms with Crippen molar-refractivity contribution in [2.45, 2.75) is 71.8 Å². The molecule has 0 unspecified atom stereocenters. The first-order valence-electron chi connectivity index (χ1n) is 13.0. The number of amides is 2. The summed E-state index contributed by atoms with van der Waals surface area (Å²) in [6.07, 6.45) is 8.36. The monoisotopic (exact) mass is 454 g/mol. The first kappa shape index (κ1) is 22.5. The number of nitrogens with zero attached hydrogens (tertiary/aromatic N) is 1. The van der Waals surface area contributed by atoms with Crippen LogP contribution < -0.4 is 14.8 Å². The Labute approximate surface area is 197 Å². The summed E-state index contributed by atoms with van der Waals surface area (Å²) in [5, 5.41) is 3.15. The smallest absolute Gasteiger partial charge is 0.226 e. The third kappa shape index (κ3) is 4.45. The van der Waals surface area contributed by atoms with Crippen LogP contribution >= 0.6 is 0 Å². The van der Waals surface area contributed by atoms with Crippen molar-refractivity contribution < 1.29 is 19.1 Å². The zero-order chi connectivity index (χ0) is 23.0. The van der Waals surface area contributed by atoms with E-state index in [9.17, 15) is 9.59 Å². The molecule has 1 aromatic rings. The second kappa shape index (κ2) is 9.19. The van der Waals surface area contributed by atoms with E-state index in [1.807, 2.05) is 24.8 Å². The number of carbonyl (C=O) groups excluding carboxylic acids is 2. The molecule has 180 valence electrons. The van der Waals surface area contributed by atoms with Crippen molar-refractivity contribution in [3.63, 3.8) is 0 Å². The zero-order valence-electron chi connectivity index (χ0n) is 20.2. The van der Waals surface area contributed by atoms with E-state index in [0.717, 1.165) is 60.5 Å². The summed E-state index contributed by atoms with van der Waals surface area (Å²) in [5.41, 5.74) is 2.20. The number of benzene rings is 1. The maximum Gasteiger partial charge on any atom is 0.226 e. The molecule has 1 heterocycles. The second-order valence-electron chi connectivity index (χ2n) is 10.7. The highest BCUT2D eigenvalue weighted by molar-refractivity contribution is 5.84. The van der Waals surface area contributed by atoms with E-state index < -0.39 is 0 Å². The molecule has 4 saturated carbocycles. The molecular formula is C27H38N2O4. The molecule has 6 heteroatoms. The number of ether oxygens (including phenoxy) is 2. The van der Waals surface area contributed by atoms with Gasteiger partial charge >= 0.3 is 0 Å². The average molecular weight is 455 g/mol. The summed E-state index contributed by atoms with van der Waals surface area (Å²) < 4.78 is 11.5. The zero-order valence-corrected chi connectivity index (χ0v) is 20.2. The third-order valence-electron chi connectivity index (χ3n) is 8.37. The molecule has 6 nitrogen and oxygen atoms in total. The minimum atomic E-state index is -0.143. The number of fused-ring (bicyclic) bond motifs is 1. The van der Waals surface area contributed by atoms with Gasteiger partial charge in [-0.2, -0.15) is 0 Å². The maximum absolute atomic E-state index is 13.1. The van der Waals surface area contributed by atoms with Crippen molar-refractivity contribution in [2.24, 2.45) is 23.2 Å². The van der Waals surface area contributed by atoms with Gasteiger partial charge in [0.15, 0.2) is 11.5 Å². The summed E-state index contributed by atoms with van der Waals surface area (Å²) >= 11 is 0. The average Bonchev–Trinajstić information content (AvgIpc) is 2.78. The van der Waals surface area contributed by atoms with E-state index in [1.165, 1.54) is 24.8 Å². The summed E-state index contributed by atoms with van der Waals surface area (Å²) in [6, 6.07) is 4.09. The molecule has 0 radical (unpaired) electrons. The Bertz CT molecular complexity index is 876. The van der Waals surface area contributed by atoms with Crippen LogP contribution in [0.15, 0.2) is 12.1 Å². The van der Waals surface area contributed by atoms with Gasteiger partial charge < -0.3 is 19.7 Å². The Balaban J connectivity index is 1.16. The normalized spacial score (nSPS) is 29.5. The van der Waals surface area contributed by atoms with Gasteiger partial charge in [0.05, 0.1) is 13.2 Å². The van der Waals surface area contributed by atoms with Gasteiger partial charge in [0.1, 0.15) is 0 Å². The van der Waals surface area contributed by atoms with Crippen LogP contribution in [0.1, 0.15) is 69.9 Å². The largest absolute Gasteiger partial charge is 0.490 e. The van der Waals surface area contributed by atoms with Crippen molar-refractivity contribution in [1.29, 1.82) is 0 Å². The highest BCUT2D eigenvalue weighted by atomic mass is 16.5. The van der Waals surface area contributed by atoms with Crippen molar-refractivity contribution in [1.82, 2.24) is 10.2 Å². The Morgan fingerprint density at radius 2 is 1.55 bits per heavy atom. The predicted molar refractivity (Wildman–Crippen MR) is 126 cm³/mol. The number of rotatable bonds is 8. The summed E-state index contributed by atoms with van der Waals surface area (Å²) in [4.78, 5) is 28.0. The lowest BCUT2D eigenvalue weighted by Gasteiger charge is -2.55. The van der Waals surface area contributed by atoms with Crippen molar-refractivity contribution in [3.05, 3.63) is 23.3 Å². The lowest BCUT2D eigenvalue weighted by Crippen LogP contribution is -2.53. The molecule has 33 heavy (non-hydrogen) atoms. The molecule has 0 spiro atoms. The van der Waals surface area contributed by atoms with Gasteiger partial charge in [-0.3, -0.25) is 9.59 Å². The number of hydrogen-bond acceptors (Lipinski definition) is 4. The number of carbonyl (C=O) groups is 2. The van der Waals surface area contributed by atoms with E-state index in [2.05, 4.69) is 11.4 Å².